The maximum atomic E-state index is 6.11. The van der Waals surface area contributed by atoms with Gasteiger partial charge in [-0.3, -0.25) is 0 Å². The fourth-order valence-corrected chi connectivity index (χ4v) is 2.80. The van der Waals surface area contributed by atoms with Crippen LogP contribution in [0.5, 0.6) is 0 Å². The lowest BCUT2D eigenvalue weighted by molar-refractivity contribution is 1.09. The van der Waals surface area contributed by atoms with Crippen LogP contribution in [0.1, 0.15) is 0 Å². The van der Waals surface area contributed by atoms with E-state index in [9.17, 15) is 0 Å². The number of aromatic nitrogens is 3. The van der Waals surface area contributed by atoms with Crippen molar-refractivity contribution in [2.75, 3.05) is 5.73 Å². The molecule has 2 heterocycles. The van der Waals surface area contributed by atoms with Gasteiger partial charge in [0.2, 0.25) is 5.95 Å². The molecule has 2 aromatic heterocycles. The number of fused-ring (bicyclic) bond motifs is 1. The second kappa shape index (κ2) is 5.03. The summed E-state index contributed by atoms with van der Waals surface area (Å²) in [5.41, 5.74) is 6.54. The second-order valence-corrected chi connectivity index (χ2v) is 5.18. The number of benzene rings is 1. The molecule has 0 atom stereocenters. The van der Waals surface area contributed by atoms with Crippen LogP contribution in [0.3, 0.4) is 0 Å². The number of hydrogen-bond acceptors (Lipinski definition) is 5. The van der Waals surface area contributed by atoms with Crippen LogP contribution in [0.2, 0.25) is 5.02 Å². The minimum absolute atomic E-state index is 0.244. The van der Waals surface area contributed by atoms with Gasteiger partial charge < -0.3 is 5.73 Å². The Hall–Kier alpha value is -1.85. The van der Waals surface area contributed by atoms with Crippen molar-refractivity contribution in [3.8, 4) is 0 Å². The van der Waals surface area contributed by atoms with Crippen molar-refractivity contribution >= 4 is 40.2 Å². The van der Waals surface area contributed by atoms with Crippen molar-refractivity contribution in [1.29, 1.82) is 0 Å². The van der Waals surface area contributed by atoms with Crippen LogP contribution < -0.4 is 5.73 Å². The Kier molecular flexibility index (Phi) is 3.23. The molecule has 2 N–H and O–H groups in total. The maximum absolute atomic E-state index is 6.11. The number of nitrogen functional groups attached to an aromatic ring is 1. The van der Waals surface area contributed by atoms with Crippen LogP contribution in [0.25, 0.3) is 10.9 Å². The summed E-state index contributed by atoms with van der Waals surface area (Å²) in [6, 6.07) is 11.3. The van der Waals surface area contributed by atoms with Gasteiger partial charge in [-0.05, 0) is 30.0 Å². The summed E-state index contributed by atoms with van der Waals surface area (Å²) in [5.74, 6) is 0.244. The molecule has 3 rings (SSSR count). The molecule has 0 fully saturated rings. The lowest BCUT2D eigenvalue weighted by Crippen LogP contribution is -1.97. The van der Waals surface area contributed by atoms with Crippen LogP contribution in [0.4, 0.5) is 5.95 Å². The van der Waals surface area contributed by atoms with E-state index in [2.05, 4.69) is 15.0 Å². The first-order chi connectivity index (χ1) is 9.24. The molecule has 94 valence electrons. The number of pyridine rings is 1. The third-order valence-electron chi connectivity index (χ3n) is 2.50. The first kappa shape index (κ1) is 12.2. The van der Waals surface area contributed by atoms with Crippen LogP contribution in [0, 0.1) is 0 Å². The molecular formula is C13H9ClN4S. The smallest absolute Gasteiger partial charge is 0.221 e. The van der Waals surface area contributed by atoms with Gasteiger partial charge in [0.05, 0.1) is 10.5 Å². The van der Waals surface area contributed by atoms with Gasteiger partial charge in [0.15, 0.2) is 0 Å². The molecule has 0 unspecified atom stereocenters. The van der Waals surface area contributed by atoms with Gasteiger partial charge in [0.1, 0.15) is 10.1 Å². The summed E-state index contributed by atoms with van der Waals surface area (Å²) in [7, 11) is 0. The van der Waals surface area contributed by atoms with E-state index in [0.717, 1.165) is 15.9 Å². The minimum Gasteiger partial charge on any atom is -0.368 e. The molecule has 6 heteroatoms. The molecule has 3 aromatic rings. The van der Waals surface area contributed by atoms with Gasteiger partial charge in [-0.15, -0.1) is 0 Å². The summed E-state index contributed by atoms with van der Waals surface area (Å²) in [5, 5.41) is 2.98. The third-order valence-corrected chi connectivity index (χ3v) is 3.94. The van der Waals surface area contributed by atoms with Crippen LogP contribution in [-0.2, 0) is 0 Å². The van der Waals surface area contributed by atoms with E-state index in [1.165, 1.54) is 11.8 Å². The standard InChI is InChI=1S/C13H9ClN4S/c14-9-5-3-7-16-12(9)19-11-8-4-1-2-6-10(8)17-13(15)18-11/h1-7H,(H2,15,17,18). The average molecular weight is 289 g/mol. The molecule has 0 aliphatic heterocycles. The summed E-state index contributed by atoms with van der Waals surface area (Å²) in [4.78, 5) is 12.7. The summed E-state index contributed by atoms with van der Waals surface area (Å²) in [6.07, 6.45) is 1.70. The average Bonchev–Trinajstić information content (AvgIpc) is 2.41. The fourth-order valence-electron chi connectivity index (χ4n) is 1.68. The molecule has 0 radical (unpaired) electrons. The van der Waals surface area contributed by atoms with Crippen LogP contribution in [-0.4, -0.2) is 15.0 Å². The molecule has 19 heavy (non-hydrogen) atoms. The van der Waals surface area contributed by atoms with E-state index >= 15 is 0 Å². The van der Waals surface area contributed by atoms with Gasteiger partial charge in [0, 0.05) is 11.6 Å². The number of nitrogens with two attached hydrogens (primary N) is 1. The lowest BCUT2D eigenvalue weighted by Gasteiger charge is -2.06. The predicted molar refractivity (Wildman–Crippen MR) is 77.3 cm³/mol. The molecule has 0 amide bonds. The molecule has 0 aliphatic rings. The van der Waals surface area contributed by atoms with E-state index in [1.807, 2.05) is 24.3 Å². The van der Waals surface area contributed by atoms with E-state index in [1.54, 1.807) is 18.3 Å². The van der Waals surface area contributed by atoms with Crippen molar-refractivity contribution in [3.05, 3.63) is 47.6 Å². The van der Waals surface area contributed by atoms with Gasteiger partial charge in [-0.25, -0.2) is 15.0 Å². The Morgan fingerprint density at radius 2 is 1.84 bits per heavy atom. The number of nitrogens with zero attached hydrogens (tertiary/aromatic N) is 3. The fraction of sp³-hybridized carbons (Fsp3) is 0. The molecule has 4 nitrogen and oxygen atoms in total. The van der Waals surface area contributed by atoms with Crippen LogP contribution >= 0.6 is 23.4 Å². The monoisotopic (exact) mass is 288 g/mol. The van der Waals surface area contributed by atoms with Gasteiger partial charge in [-0.1, -0.05) is 29.8 Å². The molecular weight excluding hydrogens is 280 g/mol. The second-order valence-electron chi connectivity index (χ2n) is 3.80. The van der Waals surface area contributed by atoms with Crippen molar-refractivity contribution in [2.24, 2.45) is 0 Å². The lowest BCUT2D eigenvalue weighted by atomic mass is 10.2. The van der Waals surface area contributed by atoms with Crippen molar-refractivity contribution in [2.45, 2.75) is 10.1 Å². The Morgan fingerprint density at radius 3 is 2.68 bits per heavy atom. The first-order valence-electron chi connectivity index (χ1n) is 5.54. The summed E-state index contributed by atoms with van der Waals surface area (Å²) in [6.45, 7) is 0. The third kappa shape index (κ3) is 2.47. The highest BCUT2D eigenvalue weighted by atomic mass is 35.5. The highest BCUT2D eigenvalue weighted by Gasteiger charge is 2.10. The highest BCUT2D eigenvalue weighted by Crippen LogP contribution is 2.34. The summed E-state index contributed by atoms with van der Waals surface area (Å²) >= 11 is 7.49. The van der Waals surface area contributed by atoms with E-state index in [4.69, 9.17) is 17.3 Å². The Balaban J connectivity index is 2.13. The SMILES string of the molecule is Nc1nc(Sc2ncccc2Cl)c2ccccc2n1. The van der Waals surface area contributed by atoms with Crippen LogP contribution in [0.15, 0.2) is 52.6 Å². The molecule has 0 aliphatic carbocycles. The zero-order valence-corrected chi connectivity index (χ0v) is 11.3. The predicted octanol–water partition coefficient (Wildman–Crippen LogP) is 3.41. The molecule has 0 saturated carbocycles. The normalized spacial score (nSPS) is 10.8. The Bertz CT molecular complexity index is 748. The van der Waals surface area contributed by atoms with E-state index in [-0.39, 0.29) is 5.95 Å². The number of para-hydroxylation sites is 1. The molecule has 0 bridgehead atoms. The molecule has 0 saturated heterocycles. The van der Waals surface area contributed by atoms with Gasteiger partial charge in [0.25, 0.3) is 0 Å². The summed E-state index contributed by atoms with van der Waals surface area (Å²) < 4.78 is 0. The van der Waals surface area contributed by atoms with Crippen molar-refractivity contribution in [1.82, 2.24) is 15.0 Å². The highest BCUT2D eigenvalue weighted by molar-refractivity contribution is 7.99. The van der Waals surface area contributed by atoms with Gasteiger partial charge in [-0.2, -0.15) is 0 Å². The van der Waals surface area contributed by atoms with Gasteiger partial charge >= 0.3 is 0 Å². The zero-order valence-electron chi connectivity index (χ0n) is 9.75. The quantitative estimate of drug-likeness (QED) is 0.732. The minimum atomic E-state index is 0.244. The maximum Gasteiger partial charge on any atom is 0.221 e. The topological polar surface area (TPSA) is 64.7 Å². The molecule has 1 aromatic carbocycles. The van der Waals surface area contributed by atoms with Crippen molar-refractivity contribution < 1.29 is 0 Å². The number of rotatable bonds is 2. The largest absolute Gasteiger partial charge is 0.368 e. The van der Waals surface area contributed by atoms with E-state index in [0.29, 0.717) is 10.0 Å². The Morgan fingerprint density at radius 1 is 1.00 bits per heavy atom. The first-order valence-corrected chi connectivity index (χ1v) is 6.74. The number of hydrogen-bond donors (Lipinski definition) is 1. The van der Waals surface area contributed by atoms with E-state index < -0.39 is 0 Å². The number of anilines is 1. The zero-order chi connectivity index (χ0) is 13.2. The molecule has 0 spiro atoms. The Labute approximate surface area is 119 Å². The van der Waals surface area contributed by atoms with Crippen molar-refractivity contribution in [3.63, 3.8) is 0 Å². The number of halogens is 1.